The van der Waals surface area contributed by atoms with Gasteiger partial charge in [-0.05, 0) is 26.6 Å². The van der Waals surface area contributed by atoms with Crippen molar-refractivity contribution >= 4 is 23.3 Å². The standard InChI is InChI=1S/C13H29BN4O6S/c1-10(2)18(7-6-15)25(23,24)17-8-11(4-3-5-14(21)22)13(16,9-17)12(19)20/h10-11,21-22H,3-9,15-16H2,1-2H3,(H,19,20)/t11-,13-/m0/s1. The molecule has 1 rings (SSSR count). The van der Waals surface area contributed by atoms with Gasteiger partial charge in [-0.15, -0.1) is 0 Å². The molecule has 0 aromatic heterocycles. The third kappa shape index (κ3) is 5.13. The van der Waals surface area contributed by atoms with Crippen molar-refractivity contribution in [3.63, 3.8) is 0 Å². The molecule has 146 valence electrons. The molecule has 1 aliphatic rings. The summed E-state index contributed by atoms with van der Waals surface area (Å²) in [7, 11) is -5.38. The molecule has 1 heterocycles. The summed E-state index contributed by atoms with van der Waals surface area (Å²) >= 11 is 0. The summed E-state index contributed by atoms with van der Waals surface area (Å²) < 4.78 is 28.1. The van der Waals surface area contributed by atoms with Gasteiger partial charge in [0.05, 0.1) is 0 Å². The van der Waals surface area contributed by atoms with Crippen LogP contribution in [0.15, 0.2) is 0 Å². The molecule has 0 aliphatic carbocycles. The summed E-state index contributed by atoms with van der Waals surface area (Å²) in [6.45, 7) is 3.36. The van der Waals surface area contributed by atoms with E-state index < -0.39 is 34.8 Å². The molecule has 10 nitrogen and oxygen atoms in total. The fourth-order valence-corrected chi connectivity index (χ4v) is 5.03. The summed E-state index contributed by atoms with van der Waals surface area (Å²) in [6.07, 6.45) is 0.689. The minimum atomic E-state index is -3.90. The first-order valence-corrected chi connectivity index (χ1v) is 9.72. The number of aliphatic carboxylic acids is 1. The Morgan fingerprint density at radius 2 is 2.04 bits per heavy atom. The fourth-order valence-electron chi connectivity index (χ4n) is 3.12. The molecule has 0 spiro atoms. The maximum Gasteiger partial charge on any atom is 0.451 e. The predicted octanol–water partition coefficient (Wildman–Crippen LogP) is -2.13. The molecule has 0 aromatic rings. The maximum absolute atomic E-state index is 12.9. The van der Waals surface area contributed by atoms with Gasteiger partial charge in [0.15, 0.2) is 0 Å². The highest BCUT2D eigenvalue weighted by Crippen LogP contribution is 2.33. The van der Waals surface area contributed by atoms with Crippen LogP contribution in [0.4, 0.5) is 0 Å². The van der Waals surface area contributed by atoms with Crippen LogP contribution in [0.2, 0.25) is 6.32 Å². The molecule has 2 atom stereocenters. The average molecular weight is 380 g/mol. The summed E-state index contributed by atoms with van der Waals surface area (Å²) in [6, 6.07) is -0.325. The number of nitrogens with zero attached hydrogens (tertiary/aromatic N) is 2. The van der Waals surface area contributed by atoms with Crippen molar-refractivity contribution in [1.29, 1.82) is 0 Å². The van der Waals surface area contributed by atoms with Gasteiger partial charge in [-0.1, -0.05) is 6.42 Å². The molecule has 0 radical (unpaired) electrons. The van der Waals surface area contributed by atoms with E-state index in [0.717, 1.165) is 4.31 Å². The topological polar surface area (TPSA) is 170 Å². The van der Waals surface area contributed by atoms with Gasteiger partial charge in [0.1, 0.15) is 5.54 Å². The van der Waals surface area contributed by atoms with Gasteiger partial charge >= 0.3 is 13.1 Å². The van der Waals surface area contributed by atoms with E-state index in [1.165, 1.54) is 4.31 Å². The van der Waals surface area contributed by atoms with Crippen LogP contribution in [0.5, 0.6) is 0 Å². The van der Waals surface area contributed by atoms with E-state index in [9.17, 15) is 18.3 Å². The van der Waals surface area contributed by atoms with Crippen molar-refractivity contribution in [1.82, 2.24) is 8.61 Å². The zero-order valence-electron chi connectivity index (χ0n) is 14.7. The van der Waals surface area contributed by atoms with Crippen LogP contribution in [-0.4, -0.2) is 83.0 Å². The summed E-state index contributed by atoms with van der Waals surface area (Å²) in [5.41, 5.74) is 9.81. The Labute approximate surface area is 149 Å². The van der Waals surface area contributed by atoms with Crippen LogP contribution >= 0.6 is 0 Å². The first kappa shape index (κ1) is 22.3. The van der Waals surface area contributed by atoms with Crippen molar-refractivity contribution < 1.29 is 28.4 Å². The van der Waals surface area contributed by atoms with Crippen LogP contribution < -0.4 is 11.5 Å². The summed E-state index contributed by atoms with van der Waals surface area (Å²) in [5.74, 6) is -1.89. The van der Waals surface area contributed by atoms with Crippen molar-refractivity contribution in [2.75, 3.05) is 26.2 Å². The second-order valence-corrected chi connectivity index (χ2v) is 8.63. The summed E-state index contributed by atoms with van der Waals surface area (Å²) in [5, 5.41) is 27.4. The van der Waals surface area contributed by atoms with Crippen LogP contribution in [0.25, 0.3) is 0 Å². The van der Waals surface area contributed by atoms with Crippen molar-refractivity contribution in [2.24, 2.45) is 17.4 Å². The SMILES string of the molecule is CC(C)N(CCN)S(=O)(=O)N1C[C@H](CCCB(O)O)[C@](N)(C(=O)O)C1. The lowest BCUT2D eigenvalue weighted by Crippen LogP contribution is -2.56. The van der Waals surface area contributed by atoms with E-state index in [-0.39, 0.29) is 45.0 Å². The Kier molecular flexibility index (Phi) is 7.81. The molecule has 0 bridgehead atoms. The predicted molar refractivity (Wildman–Crippen MR) is 93.7 cm³/mol. The molecular formula is C13H29BN4O6S. The molecule has 7 N–H and O–H groups in total. The van der Waals surface area contributed by atoms with Gasteiger partial charge in [0.2, 0.25) is 0 Å². The average Bonchev–Trinajstić information content (AvgIpc) is 2.83. The molecule has 25 heavy (non-hydrogen) atoms. The lowest BCUT2D eigenvalue weighted by atomic mass is 9.78. The zero-order chi connectivity index (χ0) is 19.4. The van der Waals surface area contributed by atoms with Gasteiger partial charge in [0.25, 0.3) is 10.2 Å². The van der Waals surface area contributed by atoms with Gasteiger partial charge < -0.3 is 26.6 Å². The molecule has 0 aromatic carbocycles. The molecule has 0 amide bonds. The van der Waals surface area contributed by atoms with E-state index in [1.54, 1.807) is 13.8 Å². The van der Waals surface area contributed by atoms with Crippen LogP contribution in [0.3, 0.4) is 0 Å². The fraction of sp³-hybridized carbons (Fsp3) is 0.923. The smallest absolute Gasteiger partial charge is 0.451 e. The molecule has 1 aliphatic heterocycles. The van der Waals surface area contributed by atoms with E-state index >= 15 is 0 Å². The van der Waals surface area contributed by atoms with Gasteiger partial charge in [0, 0.05) is 38.1 Å². The number of hydrogen-bond acceptors (Lipinski definition) is 7. The number of carboxylic acid groups (broad SMARTS) is 1. The molecule has 0 saturated carbocycles. The first-order valence-electron chi connectivity index (χ1n) is 8.32. The van der Waals surface area contributed by atoms with Crippen LogP contribution in [-0.2, 0) is 15.0 Å². The van der Waals surface area contributed by atoms with E-state index in [4.69, 9.17) is 21.5 Å². The van der Waals surface area contributed by atoms with Gasteiger partial charge in [-0.3, -0.25) is 4.79 Å². The van der Waals surface area contributed by atoms with Crippen molar-refractivity contribution in [2.45, 2.75) is 44.6 Å². The number of nitrogens with two attached hydrogens (primary N) is 2. The maximum atomic E-state index is 12.9. The zero-order valence-corrected chi connectivity index (χ0v) is 15.5. The number of rotatable bonds is 10. The van der Waals surface area contributed by atoms with Gasteiger partial charge in [-0.2, -0.15) is 17.0 Å². The second-order valence-electron chi connectivity index (χ2n) is 6.75. The third-order valence-corrected chi connectivity index (χ3v) is 6.68. The number of hydrogen-bond donors (Lipinski definition) is 5. The highest BCUT2D eigenvalue weighted by atomic mass is 32.2. The lowest BCUT2D eigenvalue weighted by molar-refractivity contribution is -0.144. The largest absolute Gasteiger partial charge is 0.480 e. The Hall–Kier alpha value is -0.755. The monoisotopic (exact) mass is 380 g/mol. The number of carboxylic acids is 1. The highest BCUT2D eigenvalue weighted by Gasteiger charge is 2.53. The summed E-state index contributed by atoms with van der Waals surface area (Å²) in [4.78, 5) is 11.7. The number of carbonyl (C=O) groups is 1. The minimum absolute atomic E-state index is 0.0273. The lowest BCUT2D eigenvalue weighted by Gasteiger charge is -2.30. The molecule has 1 fully saturated rings. The molecule has 0 unspecified atom stereocenters. The second kappa shape index (κ2) is 8.76. The third-order valence-electron chi connectivity index (χ3n) is 4.55. The van der Waals surface area contributed by atoms with E-state index in [2.05, 4.69) is 0 Å². The van der Waals surface area contributed by atoms with Gasteiger partial charge in [-0.25, -0.2) is 0 Å². The quantitative estimate of drug-likeness (QED) is 0.267. The first-order chi connectivity index (χ1) is 11.5. The van der Waals surface area contributed by atoms with E-state index in [1.807, 2.05) is 0 Å². The highest BCUT2D eigenvalue weighted by molar-refractivity contribution is 7.86. The Morgan fingerprint density at radius 3 is 2.48 bits per heavy atom. The molecule has 1 saturated heterocycles. The van der Waals surface area contributed by atoms with E-state index in [0.29, 0.717) is 6.42 Å². The molecular weight excluding hydrogens is 351 g/mol. The Morgan fingerprint density at radius 1 is 1.44 bits per heavy atom. The Balaban J connectivity index is 3.01. The molecule has 12 heteroatoms. The Bertz CT molecular complexity index is 561. The van der Waals surface area contributed by atoms with Crippen molar-refractivity contribution in [3.8, 4) is 0 Å². The normalized spacial score (nSPS) is 25.0. The van der Waals surface area contributed by atoms with Crippen LogP contribution in [0, 0.1) is 5.92 Å². The van der Waals surface area contributed by atoms with Crippen molar-refractivity contribution in [3.05, 3.63) is 0 Å². The minimum Gasteiger partial charge on any atom is -0.480 e. The van der Waals surface area contributed by atoms with Crippen LogP contribution in [0.1, 0.15) is 26.7 Å².